The Morgan fingerprint density at radius 1 is 1.06 bits per heavy atom. The second kappa shape index (κ2) is 10.8. The van der Waals surface area contributed by atoms with Crippen molar-refractivity contribution in [2.24, 2.45) is 5.92 Å². The van der Waals surface area contributed by atoms with Crippen molar-refractivity contribution < 1.29 is 17.9 Å². The molecule has 0 atom stereocenters. The molecule has 1 heterocycles. The normalized spacial score (nSPS) is 15.5. The molecule has 2 aromatic rings. The average molecular weight is 445 g/mol. The number of benzene rings is 2. The van der Waals surface area contributed by atoms with Crippen molar-refractivity contribution in [3.05, 3.63) is 54.1 Å². The lowest BCUT2D eigenvalue weighted by molar-refractivity contribution is -0.117. The Morgan fingerprint density at radius 2 is 1.71 bits per heavy atom. The van der Waals surface area contributed by atoms with Gasteiger partial charge in [0.25, 0.3) is 0 Å². The quantitative estimate of drug-likeness (QED) is 0.637. The van der Waals surface area contributed by atoms with Gasteiger partial charge in [0, 0.05) is 11.9 Å². The van der Waals surface area contributed by atoms with Gasteiger partial charge in [-0.3, -0.25) is 9.69 Å². The number of rotatable bonds is 9. The van der Waals surface area contributed by atoms with Crippen molar-refractivity contribution in [3.8, 4) is 5.75 Å². The number of hydrogen-bond donors (Lipinski definition) is 1. The summed E-state index contributed by atoms with van der Waals surface area (Å²) >= 11 is 0. The lowest BCUT2D eigenvalue weighted by Gasteiger charge is -2.31. The topological polar surface area (TPSA) is 75.7 Å². The van der Waals surface area contributed by atoms with Crippen LogP contribution in [0.5, 0.6) is 5.75 Å². The third-order valence-electron chi connectivity index (χ3n) is 5.72. The molecule has 168 valence electrons. The molecule has 1 N–H and O–H groups in total. The van der Waals surface area contributed by atoms with Crippen molar-refractivity contribution in [2.75, 3.05) is 37.8 Å². The summed E-state index contributed by atoms with van der Waals surface area (Å²) in [5.74, 6) is 1.54. The first-order chi connectivity index (χ1) is 14.8. The van der Waals surface area contributed by atoms with E-state index >= 15 is 0 Å². The summed E-state index contributed by atoms with van der Waals surface area (Å²) in [5.41, 5.74) is 1.95. The van der Waals surface area contributed by atoms with E-state index in [1.54, 1.807) is 12.1 Å². The molecule has 1 amide bonds. The van der Waals surface area contributed by atoms with Crippen LogP contribution in [-0.4, -0.2) is 51.7 Å². The van der Waals surface area contributed by atoms with Crippen LogP contribution in [0.4, 0.5) is 5.69 Å². The Kier molecular flexibility index (Phi) is 8.09. The van der Waals surface area contributed by atoms with Crippen LogP contribution in [0.1, 0.15) is 31.7 Å². The molecule has 6 nitrogen and oxygen atoms in total. The number of hydrogen-bond acceptors (Lipinski definition) is 5. The maximum atomic E-state index is 12.3. The van der Waals surface area contributed by atoms with Gasteiger partial charge >= 0.3 is 0 Å². The Morgan fingerprint density at radius 3 is 2.29 bits per heavy atom. The van der Waals surface area contributed by atoms with Gasteiger partial charge in [0.05, 0.1) is 18.0 Å². The Balaban J connectivity index is 1.38. The monoisotopic (exact) mass is 444 g/mol. The van der Waals surface area contributed by atoms with Gasteiger partial charge in [0.15, 0.2) is 9.84 Å². The largest absolute Gasteiger partial charge is 0.494 e. The summed E-state index contributed by atoms with van der Waals surface area (Å²) in [7, 11) is -3.23. The standard InChI is InChI=1S/C24H32N2O4S/c1-3-30-22-10-6-19(7-11-22)4-5-20-14-16-26(17-15-20)18-24(27)25-21-8-12-23(13-9-21)31(2,28)29/h6-13,20H,3-5,14-18H2,1-2H3,(H,25,27). The number of nitrogens with one attached hydrogen (secondary N) is 1. The van der Waals surface area contributed by atoms with E-state index in [0.717, 1.165) is 38.1 Å². The second-order valence-corrected chi connectivity index (χ2v) is 10.2. The molecule has 7 heteroatoms. The number of carbonyl (C=O) groups is 1. The number of aryl methyl sites for hydroxylation is 1. The van der Waals surface area contributed by atoms with Crippen molar-refractivity contribution in [3.63, 3.8) is 0 Å². The van der Waals surface area contributed by atoms with E-state index < -0.39 is 9.84 Å². The van der Waals surface area contributed by atoms with Crippen LogP contribution in [0.2, 0.25) is 0 Å². The van der Waals surface area contributed by atoms with Gasteiger partial charge < -0.3 is 10.1 Å². The zero-order chi connectivity index (χ0) is 22.3. The SMILES string of the molecule is CCOc1ccc(CCC2CCN(CC(=O)Nc3ccc(S(C)(=O)=O)cc3)CC2)cc1. The minimum Gasteiger partial charge on any atom is -0.494 e. The highest BCUT2D eigenvalue weighted by atomic mass is 32.2. The minimum absolute atomic E-state index is 0.0695. The fourth-order valence-electron chi connectivity index (χ4n) is 3.91. The summed E-state index contributed by atoms with van der Waals surface area (Å²) in [4.78, 5) is 14.8. The van der Waals surface area contributed by atoms with E-state index in [1.165, 1.54) is 30.4 Å². The Bertz CT molecular complexity index is 948. The fraction of sp³-hybridized carbons (Fsp3) is 0.458. The first-order valence-corrected chi connectivity index (χ1v) is 12.8. The highest BCUT2D eigenvalue weighted by Gasteiger charge is 2.21. The smallest absolute Gasteiger partial charge is 0.238 e. The zero-order valence-electron chi connectivity index (χ0n) is 18.3. The molecule has 0 saturated carbocycles. The molecule has 1 aliphatic rings. The van der Waals surface area contributed by atoms with Gasteiger partial charge in [-0.15, -0.1) is 0 Å². The van der Waals surface area contributed by atoms with E-state index in [4.69, 9.17) is 4.74 Å². The van der Waals surface area contributed by atoms with Crippen molar-refractivity contribution in [1.29, 1.82) is 0 Å². The van der Waals surface area contributed by atoms with Crippen LogP contribution in [0.15, 0.2) is 53.4 Å². The van der Waals surface area contributed by atoms with Crippen LogP contribution in [0.25, 0.3) is 0 Å². The third-order valence-corrected chi connectivity index (χ3v) is 6.84. The van der Waals surface area contributed by atoms with Crippen molar-refractivity contribution in [1.82, 2.24) is 4.90 Å². The maximum Gasteiger partial charge on any atom is 0.238 e. The summed E-state index contributed by atoms with van der Waals surface area (Å²) in [6.45, 7) is 4.88. The number of carbonyl (C=O) groups excluding carboxylic acids is 1. The summed E-state index contributed by atoms with van der Waals surface area (Å²) in [5, 5.41) is 2.85. The molecule has 0 bridgehead atoms. The first kappa shape index (κ1) is 23.3. The second-order valence-electron chi connectivity index (χ2n) is 8.18. The molecule has 1 saturated heterocycles. The van der Waals surface area contributed by atoms with Gasteiger partial charge in [0.1, 0.15) is 5.75 Å². The van der Waals surface area contributed by atoms with Gasteiger partial charge in [-0.2, -0.15) is 0 Å². The third kappa shape index (κ3) is 7.36. The minimum atomic E-state index is -3.23. The molecule has 1 fully saturated rings. The van der Waals surface area contributed by atoms with Gasteiger partial charge in [0.2, 0.25) is 5.91 Å². The number of nitrogens with zero attached hydrogens (tertiary/aromatic N) is 1. The number of amides is 1. The van der Waals surface area contributed by atoms with Gasteiger partial charge in [-0.1, -0.05) is 12.1 Å². The maximum absolute atomic E-state index is 12.3. The molecule has 3 rings (SSSR count). The molecule has 0 unspecified atom stereocenters. The fourth-order valence-corrected chi connectivity index (χ4v) is 4.54. The number of likely N-dealkylation sites (tertiary alicyclic amines) is 1. The predicted molar refractivity (Wildman–Crippen MR) is 123 cm³/mol. The lowest BCUT2D eigenvalue weighted by atomic mass is 9.90. The zero-order valence-corrected chi connectivity index (χ0v) is 19.2. The van der Waals surface area contributed by atoms with Gasteiger partial charge in [-0.05, 0) is 93.6 Å². The molecule has 0 aliphatic carbocycles. The number of sulfone groups is 1. The average Bonchev–Trinajstić information content (AvgIpc) is 2.74. The molecule has 0 radical (unpaired) electrons. The van der Waals surface area contributed by atoms with Gasteiger partial charge in [-0.25, -0.2) is 8.42 Å². The number of ether oxygens (including phenoxy) is 1. The molecule has 2 aromatic carbocycles. The predicted octanol–water partition coefficient (Wildman–Crippen LogP) is 3.77. The molecular formula is C24H32N2O4S. The van der Waals surface area contributed by atoms with Crippen LogP contribution in [-0.2, 0) is 21.1 Å². The van der Waals surface area contributed by atoms with E-state index in [9.17, 15) is 13.2 Å². The summed E-state index contributed by atoms with van der Waals surface area (Å²) in [6.07, 6.45) is 5.62. The van der Waals surface area contributed by atoms with E-state index in [2.05, 4.69) is 22.3 Å². The van der Waals surface area contributed by atoms with Crippen LogP contribution in [0.3, 0.4) is 0 Å². The van der Waals surface area contributed by atoms with Crippen LogP contribution in [0, 0.1) is 5.92 Å². The van der Waals surface area contributed by atoms with Crippen molar-refractivity contribution in [2.45, 2.75) is 37.5 Å². The molecule has 0 spiro atoms. The first-order valence-electron chi connectivity index (χ1n) is 10.9. The van der Waals surface area contributed by atoms with Crippen molar-refractivity contribution >= 4 is 21.4 Å². The van der Waals surface area contributed by atoms with Crippen LogP contribution < -0.4 is 10.1 Å². The number of piperidine rings is 1. The molecule has 1 aliphatic heterocycles. The van der Waals surface area contributed by atoms with E-state index in [0.29, 0.717) is 24.8 Å². The van der Waals surface area contributed by atoms with E-state index in [-0.39, 0.29) is 10.8 Å². The summed E-state index contributed by atoms with van der Waals surface area (Å²) < 4.78 is 28.5. The van der Waals surface area contributed by atoms with Crippen LogP contribution >= 0.6 is 0 Å². The number of anilines is 1. The summed E-state index contributed by atoms with van der Waals surface area (Å²) in [6, 6.07) is 14.6. The molecule has 31 heavy (non-hydrogen) atoms. The Hall–Kier alpha value is -2.38. The molecule has 0 aromatic heterocycles. The van der Waals surface area contributed by atoms with E-state index in [1.807, 2.05) is 19.1 Å². The Labute approximate surface area is 185 Å². The lowest BCUT2D eigenvalue weighted by Crippen LogP contribution is -2.39. The molecular weight excluding hydrogens is 412 g/mol. The highest BCUT2D eigenvalue weighted by molar-refractivity contribution is 7.90. The highest BCUT2D eigenvalue weighted by Crippen LogP contribution is 2.23.